The number of carbonyl (C=O) groups is 6. The number of carboxylic acids is 2. The minimum atomic E-state index is -3.78. The number of hydrogen-bond donors (Lipinski definition) is 5. The third kappa shape index (κ3) is 26.0. The van der Waals surface area contributed by atoms with Crippen LogP contribution in [0.25, 0.3) is 0 Å². The maximum atomic E-state index is 13.8. The van der Waals surface area contributed by atoms with Crippen molar-refractivity contribution in [2.75, 3.05) is 64.3 Å². The van der Waals surface area contributed by atoms with Crippen LogP contribution in [0.1, 0.15) is 113 Å². The summed E-state index contributed by atoms with van der Waals surface area (Å²) in [4.78, 5) is 72.7. The Morgan fingerprint density at radius 3 is 1.77 bits per heavy atom. The predicted molar refractivity (Wildman–Crippen MR) is 282 cm³/mol. The third-order valence-electron chi connectivity index (χ3n) is 11.0. The van der Waals surface area contributed by atoms with Gasteiger partial charge in [-0.05, 0) is 84.4 Å². The molecule has 2 atom stereocenters. The number of ketones is 1. The minimum Gasteiger partial charge on any atom is -0.481 e. The van der Waals surface area contributed by atoms with Crippen LogP contribution in [-0.2, 0) is 48.0 Å². The smallest absolute Gasteiger partial charge is 0.305 e. The lowest BCUT2D eigenvalue weighted by molar-refractivity contribution is -0.141. The Labute approximate surface area is 436 Å². The molecule has 73 heavy (non-hydrogen) atoms. The van der Waals surface area contributed by atoms with Gasteiger partial charge < -0.3 is 45.1 Å². The number of carbonyl (C=O) groups excluding carboxylic acids is 4. The maximum absolute atomic E-state index is 13.8. The molecule has 3 amide bonds. The topological polar surface area (TPSA) is 250 Å². The molecule has 0 aromatic heterocycles. The molecule has 0 spiro atoms. The molecule has 0 bridgehead atoms. The molecule has 0 radical (unpaired) electrons. The molecule has 2 unspecified atom stereocenters. The molecule has 0 fully saturated rings. The van der Waals surface area contributed by atoms with E-state index in [4.69, 9.17) is 29.2 Å². The highest BCUT2D eigenvalue weighted by Crippen LogP contribution is 2.27. The summed E-state index contributed by atoms with van der Waals surface area (Å²) < 4.78 is 49.2. The van der Waals surface area contributed by atoms with Crippen LogP contribution >= 0.6 is 11.8 Å². The molecule has 17 nitrogen and oxygen atoms in total. The van der Waals surface area contributed by atoms with Crippen LogP contribution in [0.4, 0.5) is 0 Å². The van der Waals surface area contributed by atoms with E-state index >= 15 is 0 Å². The van der Waals surface area contributed by atoms with Crippen molar-refractivity contribution in [3.8, 4) is 0 Å². The second-order valence-electron chi connectivity index (χ2n) is 20.9. The standard InChI is InChI=1S/C41H54N2O9S2.C13H25NO5/c1-8-35(39(48)42-25-40(4,5)26-51-27-41(6,7)52-22-21-36(44)45)43-38(47)31-15-13-30(14-16-31)37(46)32(23-53-33-17-9-28(2)10-18-33)24-54(49,50)34-19-11-29(3)12-20-34;1-12(2,7-18-6-5-11(16)17)8-19-9-13(3,4)14-10-15/h9-20,32,35H,8,21-27H2,1-7H3,(H,42,48)(H,43,47)(H,44,45);10H,5-9H2,1-4H3,(H,14,15)(H,16,17). The van der Waals surface area contributed by atoms with Crippen LogP contribution in [0, 0.1) is 30.6 Å². The van der Waals surface area contributed by atoms with Crippen molar-refractivity contribution in [2.24, 2.45) is 16.7 Å². The lowest BCUT2D eigenvalue weighted by Gasteiger charge is -2.30. The van der Waals surface area contributed by atoms with Gasteiger partial charge in [0.05, 0.1) is 80.9 Å². The highest BCUT2D eigenvalue weighted by atomic mass is 32.2. The average molecular weight is 1060 g/mol. The summed E-state index contributed by atoms with van der Waals surface area (Å²) in [5.41, 5.74) is 0.821. The van der Waals surface area contributed by atoms with Gasteiger partial charge in [0.1, 0.15) is 6.04 Å². The van der Waals surface area contributed by atoms with E-state index in [1.807, 2.05) is 93.5 Å². The zero-order valence-corrected chi connectivity index (χ0v) is 46.1. The van der Waals surface area contributed by atoms with Gasteiger partial charge in [-0.2, -0.15) is 0 Å². The first-order chi connectivity index (χ1) is 34.0. The molecule has 3 rings (SSSR count). The molecule has 0 aliphatic rings. The van der Waals surface area contributed by atoms with Crippen LogP contribution in [0.15, 0.2) is 82.6 Å². The fourth-order valence-corrected chi connectivity index (χ4v) is 9.30. The predicted octanol–water partition coefficient (Wildman–Crippen LogP) is 7.35. The van der Waals surface area contributed by atoms with Crippen molar-refractivity contribution in [2.45, 2.75) is 122 Å². The number of rotatable bonds is 33. The number of Topliss-reactive ketones (excluding diaryl/α,β-unsaturated/α-hetero) is 1. The lowest BCUT2D eigenvalue weighted by atomic mass is 9.94. The largest absolute Gasteiger partial charge is 0.481 e. The zero-order chi connectivity index (χ0) is 55.0. The van der Waals surface area contributed by atoms with E-state index < -0.39 is 56.2 Å². The number of hydrogen-bond acceptors (Lipinski definition) is 13. The lowest BCUT2D eigenvalue weighted by Crippen LogP contribution is -2.49. The molecule has 0 saturated heterocycles. The zero-order valence-electron chi connectivity index (χ0n) is 44.5. The number of aryl methyl sites for hydroxylation is 2. The minimum absolute atomic E-state index is 0.00717. The Morgan fingerprint density at radius 2 is 1.21 bits per heavy atom. The van der Waals surface area contributed by atoms with Gasteiger partial charge >= 0.3 is 11.9 Å². The summed E-state index contributed by atoms with van der Waals surface area (Å²) in [5.74, 6) is -3.97. The number of nitrogens with one attached hydrogen (secondary N) is 3. The molecular formula is C54H79N3O14S2. The summed E-state index contributed by atoms with van der Waals surface area (Å²) in [6.07, 6.45) is 0.902. The molecule has 0 aliphatic heterocycles. The molecule has 0 heterocycles. The molecule has 19 heteroatoms. The van der Waals surface area contributed by atoms with E-state index in [1.54, 1.807) is 31.2 Å². The van der Waals surface area contributed by atoms with Gasteiger partial charge in [-0.15, -0.1) is 11.8 Å². The Kier molecular flexibility index (Phi) is 26.5. The molecule has 0 aliphatic carbocycles. The van der Waals surface area contributed by atoms with E-state index in [1.165, 1.54) is 36.0 Å². The summed E-state index contributed by atoms with van der Waals surface area (Å²) in [6.45, 7) is 23.2. The van der Waals surface area contributed by atoms with Crippen molar-refractivity contribution in [3.05, 3.63) is 95.1 Å². The summed E-state index contributed by atoms with van der Waals surface area (Å²) in [5, 5.41) is 25.6. The normalized spacial score (nSPS) is 12.9. The molecular weight excluding hydrogens is 979 g/mol. The van der Waals surface area contributed by atoms with Gasteiger partial charge in [0, 0.05) is 45.1 Å². The van der Waals surface area contributed by atoms with Crippen LogP contribution in [0.3, 0.4) is 0 Å². The van der Waals surface area contributed by atoms with Crippen molar-refractivity contribution in [1.82, 2.24) is 16.0 Å². The Morgan fingerprint density at radius 1 is 0.685 bits per heavy atom. The fraction of sp³-hybridized carbons (Fsp3) is 0.556. The number of amides is 3. The molecule has 3 aromatic rings. The Hall–Kier alpha value is -5.18. The Bertz CT molecular complexity index is 2330. The molecule has 5 N–H and O–H groups in total. The average Bonchev–Trinajstić information content (AvgIpc) is 3.30. The number of ether oxygens (including phenoxy) is 4. The molecule has 0 saturated carbocycles. The quantitative estimate of drug-likeness (QED) is 0.0173. The maximum Gasteiger partial charge on any atom is 0.305 e. The van der Waals surface area contributed by atoms with Crippen molar-refractivity contribution in [1.29, 1.82) is 0 Å². The van der Waals surface area contributed by atoms with E-state index in [-0.39, 0.29) is 83.8 Å². The van der Waals surface area contributed by atoms with Crippen molar-refractivity contribution in [3.63, 3.8) is 0 Å². The van der Waals surface area contributed by atoms with Crippen molar-refractivity contribution < 1.29 is 66.3 Å². The van der Waals surface area contributed by atoms with Crippen LogP contribution in [0.2, 0.25) is 0 Å². The Balaban J connectivity index is 0.000000809. The van der Waals surface area contributed by atoms with E-state index in [2.05, 4.69) is 16.0 Å². The van der Waals surface area contributed by atoms with Gasteiger partial charge in [-0.1, -0.05) is 82.1 Å². The number of benzene rings is 3. The van der Waals surface area contributed by atoms with Crippen LogP contribution in [0.5, 0.6) is 0 Å². The number of aliphatic carboxylic acids is 2. The van der Waals surface area contributed by atoms with Gasteiger partial charge in [-0.25, -0.2) is 8.42 Å². The van der Waals surface area contributed by atoms with E-state index in [0.29, 0.717) is 39.3 Å². The fourth-order valence-electron chi connectivity index (χ4n) is 6.62. The first-order valence-corrected chi connectivity index (χ1v) is 26.9. The first-order valence-electron chi connectivity index (χ1n) is 24.2. The monoisotopic (exact) mass is 1060 g/mol. The van der Waals surface area contributed by atoms with Crippen LogP contribution in [-0.4, -0.2) is 136 Å². The molecule has 3 aromatic carbocycles. The second kappa shape index (κ2) is 30.3. The number of sulfone groups is 1. The summed E-state index contributed by atoms with van der Waals surface area (Å²) in [6, 6.07) is 19.6. The first kappa shape index (κ1) is 63.9. The summed E-state index contributed by atoms with van der Waals surface area (Å²) in [7, 11) is -3.78. The SMILES string of the molecule is CC(C)(COCCC(=O)O)COCC(C)(C)NC=O.CCC(NC(=O)c1ccc(C(=O)C(CSc2ccc(C)cc2)CS(=O)(=O)c2ccc(C)cc2)cc1)C(=O)NCC(C)(C)COCC(C)(C)OCCC(=O)O. The van der Waals surface area contributed by atoms with Gasteiger partial charge in [0.2, 0.25) is 12.3 Å². The van der Waals surface area contributed by atoms with E-state index in [0.717, 1.165) is 16.0 Å². The third-order valence-corrected chi connectivity index (χ3v) is 14.0. The summed E-state index contributed by atoms with van der Waals surface area (Å²) >= 11 is 1.42. The van der Waals surface area contributed by atoms with Crippen LogP contribution < -0.4 is 16.0 Å². The highest BCUT2D eigenvalue weighted by Gasteiger charge is 2.30. The number of carboxylic acid groups (broad SMARTS) is 2. The van der Waals surface area contributed by atoms with E-state index in [9.17, 15) is 37.2 Å². The second-order valence-corrected chi connectivity index (χ2v) is 24.0. The van der Waals surface area contributed by atoms with Gasteiger partial charge in [0.15, 0.2) is 15.6 Å². The highest BCUT2D eigenvalue weighted by molar-refractivity contribution is 7.99. The molecule has 406 valence electrons. The van der Waals surface area contributed by atoms with Crippen molar-refractivity contribution >= 4 is 57.5 Å². The van der Waals surface area contributed by atoms with Gasteiger partial charge in [-0.3, -0.25) is 28.8 Å². The van der Waals surface area contributed by atoms with Gasteiger partial charge in [0.25, 0.3) is 5.91 Å². The number of thioether (sulfide) groups is 1.